The van der Waals surface area contributed by atoms with Crippen molar-refractivity contribution in [1.82, 2.24) is 4.90 Å². The molecule has 1 rings (SSSR count). The molecule has 5 nitrogen and oxygen atoms in total. The van der Waals surface area contributed by atoms with Gasteiger partial charge in [0, 0.05) is 13.1 Å². The Kier molecular flexibility index (Phi) is 6.21. The molecule has 0 bridgehead atoms. The summed E-state index contributed by atoms with van der Waals surface area (Å²) in [6.45, 7) is 3.06. The Balaban J connectivity index is 2.70. The highest BCUT2D eigenvalue weighted by atomic mass is 32.1. The molecule has 1 fully saturated rings. The molecule has 1 aliphatic rings. The number of methoxy groups -OCH3 is 1. The number of hydrogen-bond donors (Lipinski definition) is 1. The molecule has 108 valence electrons. The van der Waals surface area contributed by atoms with Crippen LogP contribution in [0.25, 0.3) is 0 Å². The quantitative estimate of drug-likeness (QED) is 0.605. The van der Waals surface area contributed by atoms with Crippen LogP contribution in [0.1, 0.15) is 32.6 Å². The van der Waals surface area contributed by atoms with Gasteiger partial charge in [0.15, 0.2) is 0 Å². The molecule has 2 atom stereocenters. The summed E-state index contributed by atoms with van der Waals surface area (Å²) in [6.07, 6.45) is 3.08. The van der Waals surface area contributed by atoms with Crippen LogP contribution in [-0.2, 0) is 14.3 Å². The van der Waals surface area contributed by atoms with Gasteiger partial charge in [-0.15, -0.1) is 0 Å². The molecule has 1 amide bonds. The molecule has 0 aliphatic carbocycles. The predicted molar refractivity (Wildman–Crippen MR) is 76.5 cm³/mol. The van der Waals surface area contributed by atoms with Crippen molar-refractivity contribution < 1.29 is 14.3 Å². The van der Waals surface area contributed by atoms with E-state index in [1.165, 1.54) is 7.11 Å². The smallest absolute Gasteiger partial charge is 0.310 e. The fourth-order valence-corrected chi connectivity index (χ4v) is 2.65. The first-order valence-electron chi connectivity index (χ1n) is 6.67. The minimum atomic E-state index is -0.406. The van der Waals surface area contributed by atoms with Crippen LogP contribution >= 0.6 is 12.2 Å². The summed E-state index contributed by atoms with van der Waals surface area (Å²) in [4.78, 5) is 25.9. The van der Waals surface area contributed by atoms with Gasteiger partial charge >= 0.3 is 5.97 Å². The minimum Gasteiger partial charge on any atom is -0.469 e. The Labute approximate surface area is 119 Å². The van der Waals surface area contributed by atoms with Gasteiger partial charge in [0.25, 0.3) is 0 Å². The zero-order valence-electron chi connectivity index (χ0n) is 11.6. The van der Waals surface area contributed by atoms with Gasteiger partial charge in [-0.05, 0) is 19.3 Å². The summed E-state index contributed by atoms with van der Waals surface area (Å²) in [5.74, 6) is -0.935. The highest BCUT2D eigenvalue weighted by Crippen LogP contribution is 2.21. The lowest BCUT2D eigenvalue weighted by Crippen LogP contribution is -2.47. The summed E-state index contributed by atoms with van der Waals surface area (Å²) < 4.78 is 4.75. The standard InChI is InChI=1S/C13H22N2O3S/c1-3-5-10(11(14)19)12(16)15-7-4-6-9(8-15)13(17)18-2/h9-10H,3-8H2,1-2H3,(H2,14,19). The van der Waals surface area contributed by atoms with Crippen LogP contribution in [0, 0.1) is 11.8 Å². The molecule has 1 aliphatic heterocycles. The van der Waals surface area contributed by atoms with Gasteiger partial charge in [-0.2, -0.15) is 0 Å². The van der Waals surface area contributed by atoms with E-state index in [9.17, 15) is 9.59 Å². The first kappa shape index (κ1) is 15.9. The molecule has 1 saturated heterocycles. The Morgan fingerprint density at radius 1 is 1.53 bits per heavy atom. The van der Waals surface area contributed by atoms with Crippen molar-refractivity contribution in [2.75, 3.05) is 20.2 Å². The average molecular weight is 286 g/mol. The van der Waals surface area contributed by atoms with Gasteiger partial charge in [0.05, 0.1) is 23.9 Å². The lowest BCUT2D eigenvalue weighted by Gasteiger charge is -2.33. The SMILES string of the molecule is CCCC(C(=O)N1CCCC(C(=O)OC)C1)C(N)=S. The molecule has 0 saturated carbocycles. The molecule has 2 N–H and O–H groups in total. The molecule has 0 spiro atoms. The van der Waals surface area contributed by atoms with Crippen molar-refractivity contribution in [1.29, 1.82) is 0 Å². The third kappa shape index (κ3) is 4.16. The zero-order chi connectivity index (χ0) is 14.4. The van der Waals surface area contributed by atoms with Crippen LogP contribution in [0.5, 0.6) is 0 Å². The van der Waals surface area contributed by atoms with Gasteiger partial charge in [0.1, 0.15) is 0 Å². The van der Waals surface area contributed by atoms with Crippen molar-refractivity contribution in [2.24, 2.45) is 17.6 Å². The van der Waals surface area contributed by atoms with Crippen LogP contribution in [0.2, 0.25) is 0 Å². The van der Waals surface area contributed by atoms with Crippen molar-refractivity contribution in [2.45, 2.75) is 32.6 Å². The van der Waals surface area contributed by atoms with E-state index in [4.69, 9.17) is 22.7 Å². The number of likely N-dealkylation sites (tertiary alicyclic amines) is 1. The monoisotopic (exact) mass is 286 g/mol. The highest BCUT2D eigenvalue weighted by Gasteiger charge is 2.32. The van der Waals surface area contributed by atoms with Gasteiger partial charge < -0.3 is 15.4 Å². The first-order valence-corrected chi connectivity index (χ1v) is 7.08. The van der Waals surface area contributed by atoms with Crippen molar-refractivity contribution >= 4 is 29.1 Å². The maximum absolute atomic E-state index is 12.4. The summed E-state index contributed by atoms with van der Waals surface area (Å²) >= 11 is 4.97. The van der Waals surface area contributed by atoms with E-state index >= 15 is 0 Å². The van der Waals surface area contributed by atoms with E-state index in [1.807, 2.05) is 6.92 Å². The summed E-state index contributed by atoms with van der Waals surface area (Å²) in [5, 5.41) is 0. The van der Waals surface area contributed by atoms with Gasteiger partial charge in [-0.1, -0.05) is 25.6 Å². The number of nitrogens with two attached hydrogens (primary N) is 1. The number of esters is 1. The molecule has 0 aromatic heterocycles. The topological polar surface area (TPSA) is 72.6 Å². The molecule has 6 heteroatoms. The second-order valence-electron chi connectivity index (χ2n) is 4.89. The van der Waals surface area contributed by atoms with Crippen LogP contribution in [0.4, 0.5) is 0 Å². The van der Waals surface area contributed by atoms with E-state index in [0.29, 0.717) is 19.5 Å². The molecule has 19 heavy (non-hydrogen) atoms. The molecule has 0 aromatic carbocycles. The van der Waals surface area contributed by atoms with E-state index in [1.54, 1.807) is 4.90 Å². The Morgan fingerprint density at radius 2 is 2.21 bits per heavy atom. The summed E-state index contributed by atoms with van der Waals surface area (Å²) in [6, 6.07) is 0. The number of hydrogen-bond acceptors (Lipinski definition) is 4. The zero-order valence-corrected chi connectivity index (χ0v) is 12.4. The summed E-state index contributed by atoms with van der Waals surface area (Å²) in [7, 11) is 1.37. The number of carbonyl (C=O) groups excluding carboxylic acids is 2. The molecule has 0 aromatic rings. The maximum atomic E-state index is 12.4. The van der Waals surface area contributed by atoms with Crippen molar-refractivity contribution in [3.05, 3.63) is 0 Å². The largest absolute Gasteiger partial charge is 0.469 e. The Bertz CT molecular complexity index is 360. The number of thiocarbonyl (C=S) groups is 1. The van der Waals surface area contributed by atoms with E-state index in [-0.39, 0.29) is 22.8 Å². The third-order valence-electron chi connectivity index (χ3n) is 3.49. The van der Waals surface area contributed by atoms with Gasteiger partial charge in [-0.3, -0.25) is 9.59 Å². The van der Waals surface area contributed by atoms with E-state index in [2.05, 4.69) is 0 Å². The second kappa shape index (κ2) is 7.43. The second-order valence-corrected chi connectivity index (χ2v) is 5.36. The maximum Gasteiger partial charge on any atom is 0.310 e. The Hall–Kier alpha value is -1.17. The van der Waals surface area contributed by atoms with Gasteiger partial charge in [-0.25, -0.2) is 0 Å². The lowest BCUT2D eigenvalue weighted by molar-refractivity contribution is -0.149. The molecular weight excluding hydrogens is 264 g/mol. The third-order valence-corrected chi connectivity index (χ3v) is 3.77. The molecule has 2 unspecified atom stereocenters. The fraction of sp³-hybridized carbons (Fsp3) is 0.769. The fourth-order valence-electron chi connectivity index (χ4n) is 2.43. The van der Waals surface area contributed by atoms with Crippen LogP contribution in [-0.4, -0.2) is 42.0 Å². The molecule has 1 heterocycles. The normalized spacial score (nSPS) is 20.7. The number of amides is 1. The Morgan fingerprint density at radius 3 is 2.74 bits per heavy atom. The van der Waals surface area contributed by atoms with Gasteiger partial charge in [0.2, 0.25) is 5.91 Å². The number of piperidine rings is 1. The highest BCUT2D eigenvalue weighted by molar-refractivity contribution is 7.80. The van der Waals surface area contributed by atoms with Crippen LogP contribution in [0.15, 0.2) is 0 Å². The van der Waals surface area contributed by atoms with Crippen molar-refractivity contribution in [3.63, 3.8) is 0 Å². The number of ether oxygens (including phenoxy) is 1. The molecular formula is C13H22N2O3S. The van der Waals surface area contributed by atoms with Crippen LogP contribution in [0.3, 0.4) is 0 Å². The summed E-state index contributed by atoms with van der Waals surface area (Å²) in [5.41, 5.74) is 5.64. The lowest BCUT2D eigenvalue weighted by atomic mass is 9.95. The van der Waals surface area contributed by atoms with Crippen molar-refractivity contribution in [3.8, 4) is 0 Å². The number of nitrogens with zero attached hydrogens (tertiary/aromatic N) is 1. The van der Waals surface area contributed by atoms with E-state index in [0.717, 1.165) is 19.3 Å². The number of rotatable bonds is 5. The molecule has 0 radical (unpaired) electrons. The minimum absolute atomic E-state index is 0.0528. The first-order chi connectivity index (χ1) is 9.01. The number of carbonyl (C=O) groups is 2. The predicted octanol–water partition coefficient (Wildman–Crippen LogP) is 1.10. The van der Waals surface area contributed by atoms with Crippen LogP contribution < -0.4 is 5.73 Å². The van der Waals surface area contributed by atoms with E-state index < -0.39 is 5.92 Å². The average Bonchev–Trinajstić information content (AvgIpc) is 2.43.